The molecule has 5 rings (SSSR count). The first-order valence-electron chi connectivity index (χ1n) is 20.3. The highest BCUT2D eigenvalue weighted by Crippen LogP contribution is 2.51. The molecule has 0 spiro atoms. The third-order valence-electron chi connectivity index (χ3n) is 9.96. The quantitative estimate of drug-likeness (QED) is 0.0529. The lowest BCUT2D eigenvalue weighted by atomic mass is 9.95. The summed E-state index contributed by atoms with van der Waals surface area (Å²) in [6.45, 7) is 6.77. The molecular weight excluding hydrogens is 887 g/mol. The number of hydrogen-bond acceptors (Lipinski definition) is 16. The van der Waals surface area contributed by atoms with E-state index in [0.29, 0.717) is 0 Å². The molecule has 5 amide bonds. The van der Waals surface area contributed by atoms with Crippen molar-refractivity contribution in [3.05, 3.63) is 77.4 Å². The molecule has 2 aliphatic heterocycles. The van der Waals surface area contributed by atoms with Gasteiger partial charge in [-0.3, -0.25) is 43.2 Å². The third kappa shape index (κ3) is 11.8. The van der Waals surface area contributed by atoms with Crippen LogP contribution in [0.15, 0.2) is 60.7 Å². The number of esters is 4. The van der Waals surface area contributed by atoms with Gasteiger partial charge in [0.25, 0.3) is 11.8 Å². The second-order valence-electron chi connectivity index (χ2n) is 15.5. The number of carbonyl (C=O) groups excluding carboxylic acids is 9. The van der Waals surface area contributed by atoms with E-state index in [4.69, 9.17) is 18.9 Å². The van der Waals surface area contributed by atoms with Gasteiger partial charge in [0, 0.05) is 45.5 Å². The number of benzene rings is 3. The van der Waals surface area contributed by atoms with E-state index in [0.717, 1.165) is 32.6 Å². The predicted octanol–water partition coefficient (Wildman–Crippen LogP) is 2.24. The number of nitrogens with one attached hydrogen (secondary N) is 3. The van der Waals surface area contributed by atoms with Gasteiger partial charge in [0.2, 0.25) is 17.7 Å². The summed E-state index contributed by atoms with van der Waals surface area (Å²) < 4.78 is 19.9. The molecule has 2 fully saturated rings. The van der Waals surface area contributed by atoms with Crippen LogP contribution in [0.2, 0.25) is 0 Å². The fraction of sp³-hybridized carbons (Fsp3) is 0.364. The number of phenols is 1. The number of thioether (sulfide) groups is 1. The molecule has 2 heterocycles. The normalized spacial score (nSPS) is 17.2. The number of para-hydroxylation sites is 2. The molecule has 66 heavy (non-hydrogen) atoms. The first kappa shape index (κ1) is 49.5. The molecule has 2 aliphatic rings. The van der Waals surface area contributed by atoms with Crippen LogP contribution in [-0.2, 0) is 38.4 Å². The van der Waals surface area contributed by atoms with Crippen LogP contribution in [-0.4, -0.2) is 121 Å². The zero-order valence-corrected chi connectivity index (χ0v) is 37.3. The summed E-state index contributed by atoms with van der Waals surface area (Å²) in [5, 5.41) is 27.0. The number of carboxylic acids is 1. The SMILES string of the molecule is CC(=O)Oc1cccc(C(=O)NCCCCN(CC(=O)N[C@H](C(=O)N[C@@H]2C(=O)N3[C@@H]2SC(C)(C)[C@@H]3C(=O)O)c2ccc(O)cc2)C(=O)c2cccc(OC(C)=O)c2OC(C)=O)c1OC(C)=O. The van der Waals surface area contributed by atoms with Gasteiger partial charge in [-0.15, -0.1) is 11.8 Å². The zero-order valence-electron chi connectivity index (χ0n) is 36.5. The van der Waals surface area contributed by atoms with E-state index >= 15 is 0 Å². The Balaban J connectivity index is 1.37. The summed E-state index contributed by atoms with van der Waals surface area (Å²) in [5.41, 5.74) is -0.238. The number of hydrogen-bond donors (Lipinski definition) is 5. The van der Waals surface area contributed by atoms with Crippen molar-refractivity contribution >= 4 is 71.1 Å². The minimum absolute atomic E-state index is 0.0188. The molecule has 21 nitrogen and oxygen atoms in total. The molecule has 5 N–H and O–H groups in total. The van der Waals surface area contributed by atoms with Gasteiger partial charge in [0.15, 0.2) is 23.0 Å². The van der Waals surface area contributed by atoms with E-state index in [2.05, 4.69) is 16.0 Å². The number of aliphatic carboxylic acids is 1. The van der Waals surface area contributed by atoms with Crippen LogP contribution in [0, 0.1) is 0 Å². The molecule has 0 bridgehead atoms. The third-order valence-corrected chi connectivity index (χ3v) is 11.5. The molecule has 3 aromatic carbocycles. The molecule has 0 aliphatic carbocycles. The average Bonchev–Trinajstić information content (AvgIpc) is 3.49. The maximum Gasteiger partial charge on any atom is 0.327 e. The van der Waals surface area contributed by atoms with Crippen molar-refractivity contribution in [1.82, 2.24) is 25.8 Å². The molecule has 0 aromatic heterocycles. The van der Waals surface area contributed by atoms with Gasteiger partial charge in [-0.2, -0.15) is 0 Å². The largest absolute Gasteiger partial charge is 0.508 e. The number of carboxylic acid groups (broad SMARTS) is 1. The van der Waals surface area contributed by atoms with Crippen LogP contribution in [0.25, 0.3) is 0 Å². The van der Waals surface area contributed by atoms with Gasteiger partial charge in [-0.1, -0.05) is 24.3 Å². The molecule has 0 radical (unpaired) electrons. The van der Waals surface area contributed by atoms with Gasteiger partial charge in [0.1, 0.15) is 29.2 Å². The van der Waals surface area contributed by atoms with Crippen LogP contribution in [0.5, 0.6) is 28.7 Å². The van der Waals surface area contributed by atoms with Crippen molar-refractivity contribution in [2.75, 3.05) is 19.6 Å². The smallest absolute Gasteiger partial charge is 0.327 e. The number of rotatable bonds is 18. The summed E-state index contributed by atoms with van der Waals surface area (Å²) in [6, 6.07) is 9.43. The van der Waals surface area contributed by atoms with E-state index in [-0.39, 0.29) is 65.6 Å². The van der Waals surface area contributed by atoms with Gasteiger partial charge in [0.05, 0.1) is 17.7 Å². The minimum atomic E-state index is -1.51. The standard InChI is InChI=1S/C44H47N5O16S/c1-22(50)62-30-13-9-11-28(35(30)64-24(3)52)38(56)45-19-7-8-20-48(40(58)29-12-10-14-31(63-23(2)51)36(29)65-25(4)53)21-32(55)46-33(26-15-17-27(54)18-16-26)39(57)47-34-41(59)49-37(43(60)61)44(5,6)66-42(34)49/h9-18,33-34,37,42,54H,7-8,19-21H2,1-6H3,(H,45,56)(H,46,55)(H,47,57)(H,60,61)/t33-,34+,37-,42+/m0/s1. The Hall–Kier alpha value is -7.49. The number of carbonyl (C=O) groups is 10. The summed E-state index contributed by atoms with van der Waals surface area (Å²) in [5.74, 6) is -9.65. The fourth-order valence-corrected chi connectivity index (χ4v) is 8.85. The van der Waals surface area contributed by atoms with Gasteiger partial charge < -0.3 is 54.9 Å². The number of unbranched alkanes of at least 4 members (excludes halogenated alkanes) is 1. The van der Waals surface area contributed by atoms with E-state index in [1.165, 1.54) is 77.3 Å². The first-order valence-corrected chi connectivity index (χ1v) is 21.2. The van der Waals surface area contributed by atoms with Gasteiger partial charge in [-0.05, 0) is 68.7 Å². The van der Waals surface area contributed by atoms with Crippen molar-refractivity contribution in [3.63, 3.8) is 0 Å². The molecule has 0 unspecified atom stereocenters. The lowest BCUT2D eigenvalue weighted by Crippen LogP contribution is -2.71. The number of phenolic OH excluding ortho intramolecular Hbond substituents is 1. The maximum absolute atomic E-state index is 14.4. The monoisotopic (exact) mass is 933 g/mol. The lowest BCUT2D eigenvalue weighted by Gasteiger charge is -2.44. The Morgan fingerprint density at radius 2 is 1.32 bits per heavy atom. The van der Waals surface area contributed by atoms with Crippen molar-refractivity contribution in [2.24, 2.45) is 0 Å². The lowest BCUT2D eigenvalue weighted by molar-refractivity contribution is -0.161. The Morgan fingerprint density at radius 1 is 0.773 bits per heavy atom. The summed E-state index contributed by atoms with van der Waals surface area (Å²) >= 11 is 1.19. The first-order chi connectivity index (χ1) is 31.1. The van der Waals surface area contributed by atoms with Gasteiger partial charge in [-0.25, -0.2) is 4.79 Å². The fourth-order valence-electron chi connectivity index (χ4n) is 7.22. The number of aromatic hydroxyl groups is 1. The maximum atomic E-state index is 14.4. The Labute approximate surface area is 381 Å². The highest BCUT2D eigenvalue weighted by molar-refractivity contribution is 8.01. The van der Waals surface area contributed by atoms with Crippen LogP contribution < -0.4 is 34.9 Å². The minimum Gasteiger partial charge on any atom is -0.508 e. The van der Waals surface area contributed by atoms with E-state index in [9.17, 15) is 58.2 Å². The van der Waals surface area contributed by atoms with Crippen LogP contribution in [0.4, 0.5) is 0 Å². The zero-order chi connectivity index (χ0) is 48.6. The number of amides is 5. The summed E-state index contributed by atoms with van der Waals surface area (Å²) in [7, 11) is 0. The Bertz CT molecular complexity index is 2460. The predicted molar refractivity (Wildman–Crippen MR) is 230 cm³/mol. The molecule has 0 saturated carbocycles. The number of ether oxygens (including phenoxy) is 4. The van der Waals surface area contributed by atoms with E-state index in [1.807, 2.05) is 0 Å². The molecule has 2 saturated heterocycles. The number of nitrogens with zero attached hydrogens (tertiary/aromatic N) is 2. The second-order valence-corrected chi connectivity index (χ2v) is 17.3. The van der Waals surface area contributed by atoms with Crippen LogP contribution in [0.3, 0.4) is 0 Å². The van der Waals surface area contributed by atoms with E-state index < -0.39 is 99.9 Å². The van der Waals surface area contributed by atoms with Crippen molar-refractivity contribution < 1.29 is 77.1 Å². The summed E-state index contributed by atoms with van der Waals surface area (Å²) in [4.78, 5) is 131. The average molecular weight is 934 g/mol. The Kier molecular flexibility index (Phi) is 15.8. The van der Waals surface area contributed by atoms with Crippen molar-refractivity contribution in [1.29, 1.82) is 0 Å². The summed E-state index contributed by atoms with van der Waals surface area (Å²) in [6.07, 6.45) is 0.294. The highest BCUT2D eigenvalue weighted by atomic mass is 32.2. The number of fused-ring (bicyclic) bond motifs is 1. The topological polar surface area (TPSA) is 291 Å². The second kappa shape index (κ2) is 21.0. The molecule has 3 aromatic rings. The van der Waals surface area contributed by atoms with Crippen molar-refractivity contribution in [2.45, 2.75) is 82.6 Å². The van der Waals surface area contributed by atoms with Crippen molar-refractivity contribution in [3.8, 4) is 28.7 Å². The van der Waals surface area contributed by atoms with Crippen LogP contribution >= 0.6 is 11.8 Å². The molecule has 350 valence electrons. The molecule has 22 heteroatoms. The molecular formula is C44H47N5O16S. The van der Waals surface area contributed by atoms with Crippen LogP contribution in [0.1, 0.15) is 86.7 Å². The molecule has 4 atom stereocenters. The van der Waals surface area contributed by atoms with Gasteiger partial charge >= 0.3 is 29.8 Å². The highest BCUT2D eigenvalue weighted by Gasteiger charge is 2.64. The Morgan fingerprint density at radius 3 is 1.86 bits per heavy atom. The number of β-lactam (4-membered cyclic amide) rings is 1. The van der Waals surface area contributed by atoms with E-state index in [1.54, 1.807) is 13.8 Å².